The van der Waals surface area contributed by atoms with Crippen LogP contribution in [0.15, 0.2) is 36.4 Å². The molecule has 0 unspecified atom stereocenters. The van der Waals surface area contributed by atoms with E-state index in [1.807, 2.05) is 6.07 Å². The summed E-state index contributed by atoms with van der Waals surface area (Å²) in [6.45, 7) is 2.18. The predicted molar refractivity (Wildman–Crippen MR) is 110 cm³/mol. The lowest BCUT2D eigenvalue weighted by Gasteiger charge is -2.28. The van der Waals surface area contributed by atoms with E-state index in [2.05, 4.69) is 11.7 Å². The quantitative estimate of drug-likeness (QED) is 0.280. The van der Waals surface area contributed by atoms with Crippen LogP contribution in [0.2, 0.25) is 0 Å². The van der Waals surface area contributed by atoms with Crippen molar-refractivity contribution in [2.75, 3.05) is 0 Å². The monoisotopic (exact) mass is 440 g/mol. The Balaban J connectivity index is 1.72. The number of rotatable bonds is 6. The number of aliphatic hydroxyl groups is 1. The van der Waals surface area contributed by atoms with Crippen molar-refractivity contribution in [2.45, 2.75) is 57.7 Å². The Bertz CT molecular complexity index is 928. The molecule has 1 aliphatic rings. The molecule has 0 atom stereocenters. The third-order valence-electron chi connectivity index (χ3n) is 5.79. The smallest absolute Gasteiger partial charge is 0.507 e. The van der Waals surface area contributed by atoms with Crippen LogP contribution in [0.1, 0.15) is 68.1 Å². The molecule has 3 rings (SSSR count). The summed E-state index contributed by atoms with van der Waals surface area (Å²) in [5.74, 6) is -2.22. The first-order chi connectivity index (χ1) is 14.7. The van der Waals surface area contributed by atoms with Crippen molar-refractivity contribution in [1.29, 1.82) is 0 Å². The molecule has 2 nitrogen and oxygen atoms in total. The second-order valence-corrected chi connectivity index (χ2v) is 8.01. The van der Waals surface area contributed by atoms with Gasteiger partial charge >= 0.3 is 6.36 Å². The van der Waals surface area contributed by atoms with Crippen molar-refractivity contribution >= 4 is 11.8 Å². The molecule has 7 heteroatoms. The second kappa shape index (κ2) is 9.71. The van der Waals surface area contributed by atoms with E-state index < -0.39 is 29.5 Å². The second-order valence-electron chi connectivity index (χ2n) is 8.01. The minimum Gasteiger partial charge on any atom is -0.507 e. The van der Waals surface area contributed by atoms with Gasteiger partial charge in [-0.1, -0.05) is 31.9 Å². The summed E-state index contributed by atoms with van der Waals surface area (Å²) in [6, 6.07) is 7.37. The summed E-state index contributed by atoms with van der Waals surface area (Å²) >= 11 is 0. The van der Waals surface area contributed by atoms with Crippen LogP contribution < -0.4 is 4.74 Å². The van der Waals surface area contributed by atoms with Crippen LogP contribution in [-0.4, -0.2) is 11.5 Å². The molecule has 0 spiro atoms. The summed E-state index contributed by atoms with van der Waals surface area (Å²) < 4.78 is 68.8. The van der Waals surface area contributed by atoms with E-state index in [1.165, 1.54) is 18.9 Å². The van der Waals surface area contributed by atoms with Crippen LogP contribution in [-0.2, 0) is 0 Å². The lowest BCUT2D eigenvalue weighted by molar-refractivity contribution is -0.275. The maximum atomic E-state index is 14.6. The Kier molecular flexibility index (Phi) is 7.23. The highest BCUT2D eigenvalue weighted by Crippen LogP contribution is 2.38. The largest absolute Gasteiger partial charge is 0.573 e. The molecule has 0 bridgehead atoms. The maximum absolute atomic E-state index is 14.6. The molecule has 0 heterocycles. The number of ether oxygens (including phenoxy) is 1. The lowest BCUT2D eigenvalue weighted by Crippen LogP contribution is -2.18. The number of hydrogen-bond donors (Lipinski definition) is 1. The van der Waals surface area contributed by atoms with Gasteiger partial charge in [0, 0.05) is 11.1 Å². The molecule has 0 saturated heterocycles. The third-order valence-corrected chi connectivity index (χ3v) is 5.79. The van der Waals surface area contributed by atoms with Gasteiger partial charge in [-0.2, -0.15) is 0 Å². The van der Waals surface area contributed by atoms with Crippen LogP contribution in [0.25, 0.3) is 11.8 Å². The van der Waals surface area contributed by atoms with E-state index in [9.17, 15) is 27.1 Å². The van der Waals surface area contributed by atoms with Gasteiger partial charge in [-0.25, -0.2) is 8.78 Å². The number of halogens is 5. The van der Waals surface area contributed by atoms with Crippen molar-refractivity contribution in [1.82, 2.24) is 0 Å². The van der Waals surface area contributed by atoms with E-state index in [0.29, 0.717) is 12.0 Å². The Morgan fingerprint density at radius 1 is 1.03 bits per heavy atom. The van der Waals surface area contributed by atoms with Gasteiger partial charge in [0.25, 0.3) is 0 Å². The average molecular weight is 440 g/mol. The molecule has 168 valence electrons. The van der Waals surface area contributed by atoms with Crippen LogP contribution in [0.3, 0.4) is 0 Å². The summed E-state index contributed by atoms with van der Waals surface area (Å²) in [4.78, 5) is 0. The first-order valence-corrected chi connectivity index (χ1v) is 10.4. The van der Waals surface area contributed by atoms with E-state index >= 15 is 0 Å². The maximum Gasteiger partial charge on any atom is 0.573 e. The van der Waals surface area contributed by atoms with E-state index in [0.717, 1.165) is 55.4 Å². The van der Waals surface area contributed by atoms with Crippen LogP contribution >= 0.6 is 0 Å². The first-order valence-electron chi connectivity index (χ1n) is 10.4. The number of hydrogen-bond acceptors (Lipinski definition) is 2. The summed E-state index contributed by atoms with van der Waals surface area (Å²) in [5, 5.41) is 10.2. The summed E-state index contributed by atoms with van der Waals surface area (Å²) in [6.07, 6.45) is 2.83. The fourth-order valence-corrected chi connectivity index (χ4v) is 4.21. The molecule has 31 heavy (non-hydrogen) atoms. The number of alkyl halides is 3. The Hall–Kier alpha value is -2.57. The molecule has 2 aromatic rings. The van der Waals surface area contributed by atoms with Crippen molar-refractivity contribution in [2.24, 2.45) is 5.92 Å². The Morgan fingerprint density at radius 3 is 2.32 bits per heavy atom. The van der Waals surface area contributed by atoms with Crippen LogP contribution in [0, 0.1) is 17.6 Å². The zero-order valence-electron chi connectivity index (χ0n) is 17.2. The van der Waals surface area contributed by atoms with Gasteiger partial charge in [0.1, 0.15) is 11.6 Å². The normalized spacial score (nSPS) is 20.0. The molecule has 2 aromatic carbocycles. The minimum absolute atomic E-state index is 0.0928. The van der Waals surface area contributed by atoms with Crippen LogP contribution in [0.5, 0.6) is 5.75 Å². The Morgan fingerprint density at radius 2 is 1.74 bits per heavy atom. The third kappa shape index (κ3) is 6.21. The highest BCUT2D eigenvalue weighted by atomic mass is 19.4. The molecule has 1 saturated carbocycles. The molecule has 0 radical (unpaired) electrons. The number of aliphatic hydroxyl groups excluding tert-OH is 1. The molecular weight excluding hydrogens is 415 g/mol. The van der Waals surface area contributed by atoms with Gasteiger partial charge in [-0.3, -0.25) is 0 Å². The highest BCUT2D eigenvalue weighted by molar-refractivity contribution is 5.76. The molecule has 0 aromatic heterocycles. The fourth-order valence-electron chi connectivity index (χ4n) is 4.21. The number of benzene rings is 2. The standard InChI is InChI=1S/C24H25F5O2/c1-2-3-15-4-6-16(7-5-15)17-8-9-18(20(25)12-17)14-22(30)19-10-11-23(21(26)13-19)31-24(27,28)29/h8-16,30H,2-7H2,1H3. The van der Waals surface area contributed by atoms with Crippen molar-refractivity contribution in [3.8, 4) is 5.75 Å². The lowest BCUT2D eigenvalue weighted by atomic mass is 9.77. The van der Waals surface area contributed by atoms with Gasteiger partial charge < -0.3 is 9.84 Å². The molecule has 1 fully saturated rings. The van der Waals surface area contributed by atoms with Gasteiger partial charge in [-0.05, 0) is 73.4 Å². The Labute approximate surface area is 178 Å². The van der Waals surface area contributed by atoms with E-state index in [4.69, 9.17) is 0 Å². The predicted octanol–water partition coefficient (Wildman–Crippen LogP) is 7.99. The first kappa shape index (κ1) is 23.1. The van der Waals surface area contributed by atoms with Crippen LogP contribution in [0.4, 0.5) is 22.0 Å². The molecule has 1 N–H and O–H groups in total. The van der Waals surface area contributed by atoms with Crippen molar-refractivity contribution in [3.05, 3.63) is 64.7 Å². The zero-order valence-corrected chi connectivity index (χ0v) is 17.2. The van der Waals surface area contributed by atoms with Crippen molar-refractivity contribution in [3.63, 3.8) is 0 Å². The van der Waals surface area contributed by atoms with Gasteiger partial charge in [0.15, 0.2) is 11.6 Å². The molecule has 1 aliphatic carbocycles. The fraction of sp³-hybridized carbons (Fsp3) is 0.417. The van der Waals surface area contributed by atoms with Crippen molar-refractivity contribution < 1.29 is 31.8 Å². The van der Waals surface area contributed by atoms with E-state index in [-0.39, 0.29) is 11.1 Å². The minimum atomic E-state index is -5.03. The molecular formula is C24H25F5O2. The zero-order chi connectivity index (χ0) is 22.6. The van der Waals surface area contributed by atoms with Gasteiger partial charge in [0.05, 0.1) is 0 Å². The average Bonchev–Trinajstić information content (AvgIpc) is 2.71. The van der Waals surface area contributed by atoms with E-state index in [1.54, 1.807) is 6.07 Å². The summed E-state index contributed by atoms with van der Waals surface area (Å²) in [7, 11) is 0. The SMILES string of the molecule is CCCC1CCC(c2ccc(C=C(O)c3ccc(OC(F)(F)F)c(F)c3)c(F)c2)CC1. The summed E-state index contributed by atoms with van der Waals surface area (Å²) in [5.41, 5.74) is 0.936. The molecule has 0 amide bonds. The van der Waals surface area contributed by atoms with Gasteiger partial charge in [0.2, 0.25) is 0 Å². The molecule has 0 aliphatic heterocycles. The topological polar surface area (TPSA) is 29.5 Å². The van der Waals surface area contributed by atoms with Gasteiger partial charge in [-0.15, -0.1) is 13.2 Å². The highest BCUT2D eigenvalue weighted by Gasteiger charge is 2.32.